The SMILES string of the molecule is CC1CCN(S(=O)(=O)c2cn(Cc3noc(-c4ccc5cc[nH]c5c4)n3)cn2)CC1. The molecule has 1 N–H and O–H groups in total. The Kier molecular flexibility index (Phi) is 4.67. The number of H-pyrrole nitrogens is 1. The summed E-state index contributed by atoms with van der Waals surface area (Å²) in [5, 5.41) is 5.18. The summed E-state index contributed by atoms with van der Waals surface area (Å²) in [5.74, 6) is 1.42. The minimum atomic E-state index is -3.58. The fraction of sp³-hybridized carbons (Fsp3) is 0.350. The summed E-state index contributed by atoms with van der Waals surface area (Å²) in [6.45, 7) is 3.49. The second-order valence-electron chi connectivity index (χ2n) is 7.77. The number of aromatic amines is 1. The number of imidazole rings is 1. The van der Waals surface area contributed by atoms with Gasteiger partial charge in [0.25, 0.3) is 15.9 Å². The molecule has 0 unspecified atom stereocenters. The number of sulfonamides is 1. The van der Waals surface area contributed by atoms with Crippen LogP contribution in [-0.2, 0) is 16.6 Å². The fourth-order valence-corrected chi connectivity index (χ4v) is 5.10. The van der Waals surface area contributed by atoms with Gasteiger partial charge in [0.1, 0.15) is 0 Å². The lowest BCUT2D eigenvalue weighted by atomic mass is 10.0. The predicted molar refractivity (Wildman–Crippen MR) is 110 cm³/mol. The molecule has 0 saturated carbocycles. The molecule has 4 aromatic rings. The summed E-state index contributed by atoms with van der Waals surface area (Å²) in [7, 11) is -3.58. The normalized spacial score (nSPS) is 16.4. The summed E-state index contributed by atoms with van der Waals surface area (Å²) in [6, 6.07) is 7.86. The van der Waals surface area contributed by atoms with E-state index >= 15 is 0 Å². The minimum Gasteiger partial charge on any atom is -0.361 e. The fourth-order valence-electron chi connectivity index (χ4n) is 3.70. The molecule has 5 rings (SSSR count). The third kappa shape index (κ3) is 3.52. The van der Waals surface area contributed by atoms with Crippen molar-refractivity contribution >= 4 is 20.9 Å². The monoisotopic (exact) mass is 426 g/mol. The van der Waals surface area contributed by atoms with Gasteiger partial charge in [-0.25, -0.2) is 13.4 Å². The zero-order chi connectivity index (χ0) is 20.7. The van der Waals surface area contributed by atoms with Gasteiger partial charge in [-0.2, -0.15) is 9.29 Å². The Morgan fingerprint density at radius 1 is 1.23 bits per heavy atom. The van der Waals surface area contributed by atoms with Crippen molar-refractivity contribution in [2.45, 2.75) is 31.3 Å². The van der Waals surface area contributed by atoms with Crippen LogP contribution in [0.5, 0.6) is 0 Å². The molecule has 0 spiro atoms. The highest BCUT2D eigenvalue weighted by Crippen LogP contribution is 2.24. The molecule has 0 amide bonds. The first kappa shape index (κ1) is 19.0. The van der Waals surface area contributed by atoms with Crippen molar-refractivity contribution in [3.8, 4) is 11.5 Å². The number of hydrogen-bond donors (Lipinski definition) is 1. The van der Waals surface area contributed by atoms with E-state index in [1.807, 2.05) is 30.5 Å². The van der Waals surface area contributed by atoms with Crippen molar-refractivity contribution in [2.24, 2.45) is 5.92 Å². The Morgan fingerprint density at radius 3 is 2.90 bits per heavy atom. The molecule has 0 atom stereocenters. The van der Waals surface area contributed by atoms with Gasteiger partial charge in [0.15, 0.2) is 10.9 Å². The van der Waals surface area contributed by atoms with Gasteiger partial charge >= 0.3 is 0 Å². The second-order valence-corrected chi connectivity index (χ2v) is 9.65. The van der Waals surface area contributed by atoms with E-state index < -0.39 is 10.0 Å². The Balaban J connectivity index is 1.32. The van der Waals surface area contributed by atoms with Crippen molar-refractivity contribution in [2.75, 3.05) is 13.1 Å². The molecule has 1 aromatic carbocycles. The molecule has 10 heteroatoms. The number of fused-ring (bicyclic) bond motifs is 1. The van der Waals surface area contributed by atoms with Crippen molar-refractivity contribution < 1.29 is 12.9 Å². The summed E-state index contributed by atoms with van der Waals surface area (Å²) in [5.41, 5.74) is 1.81. The third-order valence-electron chi connectivity index (χ3n) is 5.55. The molecule has 3 aromatic heterocycles. The molecule has 4 heterocycles. The minimum absolute atomic E-state index is 0.0537. The van der Waals surface area contributed by atoms with Gasteiger partial charge in [-0.1, -0.05) is 18.1 Å². The lowest BCUT2D eigenvalue weighted by Gasteiger charge is -2.28. The van der Waals surface area contributed by atoms with Crippen LogP contribution in [0, 0.1) is 5.92 Å². The molecule has 0 radical (unpaired) electrons. The zero-order valence-corrected chi connectivity index (χ0v) is 17.3. The highest BCUT2D eigenvalue weighted by atomic mass is 32.2. The molecule has 1 aliphatic heterocycles. The third-order valence-corrected chi connectivity index (χ3v) is 7.33. The molecule has 0 aliphatic carbocycles. The van der Waals surface area contributed by atoms with Gasteiger partial charge in [0.2, 0.25) is 0 Å². The van der Waals surface area contributed by atoms with E-state index in [0.29, 0.717) is 30.7 Å². The first-order valence-electron chi connectivity index (χ1n) is 9.91. The van der Waals surface area contributed by atoms with Crippen LogP contribution in [0.4, 0.5) is 0 Å². The summed E-state index contributed by atoms with van der Waals surface area (Å²) in [6.07, 6.45) is 6.64. The average Bonchev–Trinajstić information content (AvgIpc) is 3.49. The molecule has 0 bridgehead atoms. The smallest absolute Gasteiger partial charge is 0.262 e. The first-order chi connectivity index (χ1) is 14.5. The van der Waals surface area contributed by atoms with Gasteiger partial charge < -0.3 is 14.1 Å². The Hall–Kier alpha value is -2.98. The Bertz CT molecular complexity index is 1280. The van der Waals surface area contributed by atoms with Crippen molar-refractivity contribution in [1.82, 2.24) is 29.0 Å². The maximum Gasteiger partial charge on any atom is 0.262 e. The Morgan fingerprint density at radius 2 is 2.07 bits per heavy atom. The molecular formula is C20H22N6O3S. The van der Waals surface area contributed by atoms with Crippen LogP contribution in [0.2, 0.25) is 0 Å². The van der Waals surface area contributed by atoms with E-state index in [0.717, 1.165) is 29.3 Å². The van der Waals surface area contributed by atoms with Crippen molar-refractivity contribution in [3.05, 3.63) is 48.8 Å². The van der Waals surface area contributed by atoms with Gasteiger partial charge in [0, 0.05) is 36.6 Å². The maximum atomic E-state index is 12.8. The van der Waals surface area contributed by atoms with Crippen LogP contribution in [0.3, 0.4) is 0 Å². The molecule has 156 valence electrons. The largest absolute Gasteiger partial charge is 0.361 e. The number of nitrogens with one attached hydrogen (secondary N) is 1. The molecule has 1 aliphatic rings. The van der Waals surface area contributed by atoms with Crippen LogP contribution in [0.25, 0.3) is 22.4 Å². The quantitative estimate of drug-likeness (QED) is 0.525. The molecule has 1 fully saturated rings. The number of aromatic nitrogens is 5. The maximum absolute atomic E-state index is 12.8. The first-order valence-corrected chi connectivity index (χ1v) is 11.3. The highest BCUT2D eigenvalue weighted by molar-refractivity contribution is 7.89. The van der Waals surface area contributed by atoms with E-state index in [9.17, 15) is 8.42 Å². The lowest BCUT2D eigenvalue weighted by molar-refractivity contribution is 0.287. The summed E-state index contributed by atoms with van der Waals surface area (Å²) >= 11 is 0. The summed E-state index contributed by atoms with van der Waals surface area (Å²) in [4.78, 5) is 11.7. The van der Waals surface area contributed by atoms with Crippen molar-refractivity contribution in [1.29, 1.82) is 0 Å². The van der Waals surface area contributed by atoms with Crippen molar-refractivity contribution in [3.63, 3.8) is 0 Å². The van der Waals surface area contributed by atoms with Gasteiger partial charge in [0.05, 0.1) is 12.9 Å². The van der Waals surface area contributed by atoms with Gasteiger partial charge in [-0.3, -0.25) is 0 Å². The van der Waals surface area contributed by atoms with Crippen LogP contribution < -0.4 is 0 Å². The Labute approximate surface area is 173 Å². The second kappa shape index (κ2) is 7.37. The van der Waals surface area contributed by atoms with E-state index in [1.54, 1.807) is 4.57 Å². The number of nitrogens with zero attached hydrogens (tertiary/aromatic N) is 5. The predicted octanol–water partition coefficient (Wildman–Crippen LogP) is 2.88. The molecular weight excluding hydrogens is 404 g/mol. The molecule has 9 nitrogen and oxygen atoms in total. The van der Waals surface area contributed by atoms with Gasteiger partial charge in [-0.15, -0.1) is 0 Å². The standard InChI is InChI=1S/C20H22N6O3S/c1-14-5-8-26(9-6-14)30(27,28)19-12-25(13-22-19)11-18-23-20(29-24-18)16-3-2-15-4-7-21-17(15)10-16/h2-4,7,10,12-14,21H,5-6,8-9,11H2,1H3. The lowest BCUT2D eigenvalue weighted by Crippen LogP contribution is -2.38. The van der Waals surface area contributed by atoms with Crippen LogP contribution in [0.15, 0.2) is 52.5 Å². The molecule has 1 saturated heterocycles. The van der Waals surface area contributed by atoms with E-state index in [4.69, 9.17) is 4.52 Å². The van der Waals surface area contributed by atoms with E-state index in [-0.39, 0.29) is 11.6 Å². The van der Waals surface area contributed by atoms with Crippen LogP contribution >= 0.6 is 0 Å². The summed E-state index contributed by atoms with van der Waals surface area (Å²) < 4.78 is 34.2. The molecule has 30 heavy (non-hydrogen) atoms. The van der Waals surface area contributed by atoms with Crippen LogP contribution in [-0.4, -0.2) is 50.5 Å². The number of hydrogen-bond acceptors (Lipinski definition) is 6. The van der Waals surface area contributed by atoms with E-state index in [1.165, 1.54) is 16.8 Å². The highest BCUT2D eigenvalue weighted by Gasteiger charge is 2.29. The number of piperidine rings is 1. The van der Waals surface area contributed by atoms with E-state index in [2.05, 4.69) is 27.0 Å². The van der Waals surface area contributed by atoms with Gasteiger partial charge in [-0.05, 0) is 42.3 Å². The topological polar surface area (TPSA) is 110 Å². The van der Waals surface area contributed by atoms with Crippen LogP contribution in [0.1, 0.15) is 25.6 Å². The average molecular weight is 427 g/mol. The zero-order valence-electron chi connectivity index (χ0n) is 16.5. The number of benzene rings is 1. The number of rotatable bonds is 5.